The minimum Gasteiger partial charge on any atom is -0.323 e. The molecule has 18 heavy (non-hydrogen) atoms. The zero-order valence-electron chi connectivity index (χ0n) is 9.78. The Morgan fingerprint density at radius 3 is 2.50 bits per heavy atom. The Hall–Kier alpha value is -1.89. The van der Waals surface area contributed by atoms with Crippen LogP contribution in [0.4, 0.5) is 13.2 Å². The highest BCUT2D eigenvalue weighted by atomic mass is 19.2. The van der Waals surface area contributed by atoms with Crippen molar-refractivity contribution in [3.8, 4) is 5.69 Å². The van der Waals surface area contributed by atoms with Gasteiger partial charge < -0.3 is 5.73 Å². The largest absolute Gasteiger partial charge is 0.323 e. The predicted molar refractivity (Wildman–Crippen MR) is 58.6 cm³/mol. The number of benzene rings is 1. The van der Waals surface area contributed by atoms with E-state index in [1.807, 2.05) is 0 Å². The molecule has 0 aliphatic heterocycles. The first-order valence-electron chi connectivity index (χ1n) is 5.24. The number of nitrogens with two attached hydrogens (primary N) is 1. The lowest BCUT2D eigenvalue weighted by Crippen LogP contribution is -2.09. The highest BCUT2D eigenvalue weighted by Gasteiger charge is 2.18. The highest BCUT2D eigenvalue weighted by molar-refractivity contribution is 5.36. The molecule has 0 aliphatic rings. The molecule has 0 aliphatic carbocycles. The van der Waals surface area contributed by atoms with Crippen LogP contribution in [-0.2, 0) is 0 Å². The van der Waals surface area contributed by atoms with Gasteiger partial charge in [0.15, 0.2) is 11.6 Å². The zero-order chi connectivity index (χ0) is 13.4. The molecule has 0 bridgehead atoms. The van der Waals surface area contributed by atoms with Gasteiger partial charge in [-0.25, -0.2) is 17.9 Å². The summed E-state index contributed by atoms with van der Waals surface area (Å²) in [5.74, 6) is -3.34. The van der Waals surface area contributed by atoms with Crippen LogP contribution in [-0.4, -0.2) is 15.0 Å². The Kier molecular flexibility index (Phi) is 3.08. The first kappa shape index (κ1) is 12.6. The number of aromatic nitrogens is 3. The summed E-state index contributed by atoms with van der Waals surface area (Å²) >= 11 is 0. The lowest BCUT2D eigenvalue weighted by atomic mass is 10.2. The Bertz CT molecular complexity index is 592. The molecule has 1 unspecified atom stereocenters. The van der Waals surface area contributed by atoms with Gasteiger partial charge in [0.05, 0.1) is 5.69 Å². The summed E-state index contributed by atoms with van der Waals surface area (Å²) in [6.45, 7) is 3.28. The van der Waals surface area contributed by atoms with Crippen molar-refractivity contribution in [2.45, 2.75) is 19.9 Å². The smallest absolute Gasteiger partial charge is 0.184 e. The molecule has 1 aromatic carbocycles. The molecule has 0 radical (unpaired) electrons. The fourth-order valence-electron chi connectivity index (χ4n) is 1.69. The summed E-state index contributed by atoms with van der Waals surface area (Å²) in [4.78, 5) is 0. The molecule has 0 saturated carbocycles. The van der Waals surface area contributed by atoms with E-state index in [-0.39, 0.29) is 5.69 Å². The van der Waals surface area contributed by atoms with Gasteiger partial charge in [0, 0.05) is 18.2 Å². The monoisotopic (exact) mass is 256 g/mol. The summed E-state index contributed by atoms with van der Waals surface area (Å²) in [7, 11) is 0. The van der Waals surface area contributed by atoms with Crippen LogP contribution >= 0.6 is 0 Å². The van der Waals surface area contributed by atoms with Crippen molar-refractivity contribution in [2.24, 2.45) is 5.73 Å². The van der Waals surface area contributed by atoms with E-state index in [0.717, 1.165) is 10.7 Å². The summed E-state index contributed by atoms with van der Waals surface area (Å²) in [6.07, 6.45) is 0. The maximum Gasteiger partial charge on any atom is 0.184 e. The third-order valence-electron chi connectivity index (χ3n) is 2.56. The number of hydrogen-bond donors (Lipinski definition) is 1. The molecule has 2 N–H and O–H groups in total. The zero-order valence-corrected chi connectivity index (χ0v) is 9.78. The van der Waals surface area contributed by atoms with Crippen LogP contribution in [0.15, 0.2) is 12.1 Å². The lowest BCUT2D eigenvalue weighted by Gasteiger charge is -2.07. The molecule has 7 heteroatoms. The van der Waals surface area contributed by atoms with Crippen molar-refractivity contribution in [3.05, 3.63) is 41.0 Å². The van der Waals surface area contributed by atoms with Gasteiger partial charge in [-0.15, -0.1) is 5.10 Å². The molecule has 1 atom stereocenters. The van der Waals surface area contributed by atoms with Crippen LogP contribution in [0.5, 0.6) is 0 Å². The third-order valence-corrected chi connectivity index (χ3v) is 2.56. The standard InChI is InChI=1S/C11H11F3N4/c1-5(15)11-6(2)18(17-16-11)9-4-7(12)3-8(13)10(9)14/h3-5H,15H2,1-2H3. The van der Waals surface area contributed by atoms with E-state index in [9.17, 15) is 13.2 Å². The van der Waals surface area contributed by atoms with E-state index in [4.69, 9.17) is 5.73 Å². The average molecular weight is 256 g/mol. The van der Waals surface area contributed by atoms with Crippen molar-refractivity contribution < 1.29 is 13.2 Å². The van der Waals surface area contributed by atoms with Gasteiger partial charge in [-0.2, -0.15) is 0 Å². The second-order valence-corrected chi connectivity index (χ2v) is 3.98. The normalized spacial score (nSPS) is 12.8. The number of halogens is 3. The number of rotatable bonds is 2. The van der Waals surface area contributed by atoms with Crippen LogP contribution in [0.1, 0.15) is 24.4 Å². The van der Waals surface area contributed by atoms with Gasteiger partial charge in [0.25, 0.3) is 0 Å². The fraction of sp³-hybridized carbons (Fsp3) is 0.273. The Morgan fingerprint density at radius 1 is 1.28 bits per heavy atom. The molecule has 0 saturated heterocycles. The molecular formula is C11H11F3N4. The van der Waals surface area contributed by atoms with E-state index in [1.54, 1.807) is 13.8 Å². The van der Waals surface area contributed by atoms with Gasteiger partial charge in [-0.3, -0.25) is 0 Å². The molecule has 2 aromatic rings. The Balaban J connectivity index is 2.63. The van der Waals surface area contributed by atoms with E-state index in [0.29, 0.717) is 17.5 Å². The Morgan fingerprint density at radius 2 is 1.94 bits per heavy atom. The molecule has 0 spiro atoms. The Labute approximate surface area is 101 Å². The molecule has 4 nitrogen and oxygen atoms in total. The van der Waals surface area contributed by atoms with Crippen LogP contribution in [0.25, 0.3) is 5.69 Å². The second kappa shape index (κ2) is 4.41. The molecular weight excluding hydrogens is 245 g/mol. The molecule has 0 fully saturated rings. The molecule has 1 aromatic heterocycles. The van der Waals surface area contributed by atoms with Gasteiger partial charge >= 0.3 is 0 Å². The maximum atomic E-state index is 13.6. The van der Waals surface area contributed by atoms with Crippen LogP contribution < -0.4 is 5.73 Å². The summed E-state index contributed by atoms with van der Waals surface area (Å²) in [5, 5.41) is 7.43. The summed E-state index contributed by atoms with van der Waals surface area (Å²) < 4.78 is 40.8. The minimum absolute atomic E-state index is 0.329. The lowest BCUT2D eigenvalue weighted by molar-refractivity contribution is 0.486. The first-order valence-corrected chi connectivity index (χ1v) is 5.24. The van der Waals surface area contributed by atoms with Crippen molar-refractivity contribution in [3.63, 3.8) is 0 Å². The van der Waals surface area contributed by atoms with Crippen molar-refractivity contribution in [1.29, 1.82) is 0 Å². The summed E-state index contributed by atoms with van der Waals surface area (Å²) in [5.41, 5.74) is 6.20. The van der Waals surface area contributed by atoms with Crippen molar-refractivity contribution >= 4 is 0 Å². The highest BCUT2D eigenvalue weighted by Crippen LogP contribution is 2.21. The van der Waals surface area contributed by atoms with Crippen molar-refractivity contribution in [1.82, 2.24) is 15.0 Å². The van der Waals surface area contributed by atoms with E-state index >= 15 is 0 Å². The predicted octanol–water partition coefficient (Wildman–Crippen LogP) is 2.01. The number of nitrogens with zero attached hydrogens (tertiary/aromatic N) is 3. The molecule has 1 heterocycles. The van der Waals surface area contributed by atoms with Gasteiger partial charge in [0.2, 0.25) is 0 Å². The first-order chi connectivity index (χ1) is 8.41. The molecule has 2 rings (SSSR count). The minimum atomic E-state index is -1.28. The number of hydrogen-bond acceptors (Lipinski definition) is 3. The topological polar surface area (TPSA) is 56.7 Å². The van der Waals surface area contributed by atoms with Crippen molar-refractivity contribution in [2.75, 3.05) is 0 Å². The summed E-state index contributed by atoms with van der Waals surface area (Å²) in [6, 6.07) is 0.919. The van der Waals surface area contributed by atoms with Gasteiger partial charge in [-0.05, 0) is 13.8 Å². The van der Waals surface area contributed by atoms with Gasteiger partial charge in [-0.1, -0.05) is 5.21 Å². The molecule has 96 valence electrons. The second-order valence-electron chi connectivity index (χ2n) is 3.98. The van der Waals surface area contributed by atoms with Crippen LogP contribution in [0, 0.1) is 24.4 Å². The van der Waals surface area contributed by atoms with Crippen LogP contribution in [0.2, 0.25) is 0 Å². The average Bonchev–Trinajstić information content (AvgIpc) is 2.65. The van der Waals surface area contributed by atoms with E-state index < -0.39 is 23.5 Å². The third kappa shape index (κ3) is 1.97. The quantitative estimate of drug-likeness (QED) is 0.836. The van der Waals surface area contributed by atoms with Gasteiger partial charge in [0.1, 0.15) is 17.2 Å². The SMILES string of the molecule is Cc1c(C(C)N)nnn1-c1cc(F)cc(F)c1F. The molecule has 0 amide bonds. The van der Waals surface area contributed by atoms with E-state index in [1.165, 1.54) is 0 Å². The van der Waals surface area contributed by atoms with Crippen LogP contribution in [0.3, 0.4) is 0 Å². The fourth-order valence-corrected chi connectivity index (χ4v) is 1.69. The maximum absolute atomic E-state index is 13.6. The van der Waals surface area contributed by atoms with E-state index in [2.05, 4.69) is 10.3 Å².